The molecule has 126 valence electrons. The van der Waals surface area contributed by atoms with Crippen LogP contribution in [0.2, 0.25) is 0 Å². The topological polar surface area (TPSA) is 79.9 Å². The summed E-state index contributed by atoms with van der Waals surface area (Å²) in [5.41, 5.74) is 2.32. The normalized spacial score (nSPS) is 12.1. The van der Waals surface area contributed by atoms with Gasteiger partial charge in [0.25, 0.3) is 4.88 Å². The van der Waals surface area contributed by atoms with Crippen molar-refractivity contribution in [2.45, 2.75) is 39.9 Å². The number of ether oxygens (including phenoxy) is 2. The molecule has 0 fully saturated rings. The van der Waals surface area contributed by atoms with Crippen molar-refractivity contribution in [3.63, 3.8) is 0 Å². The molecule has 1 heterocycles. The van der Waals surface area contributed by atoms with Gasteiger partial charge in [0, 0.05) is 6.07 Å². The predicted molar refractivity (Wildman–Crippen MR) is 88.6 cm³/mol. The van der Waals surface area contributed by atoms with Crippen molar-refractivity contribution in [3.8, 4) is 11.5 Å². The van der Waals surface area contributed by atoms with Gasteiger partial charge < -0.3 is 14.0 Å². The van der Waals surface area contributed by atoms with Crippen LogP contribution in [0.4, 0.5) is 0 Å². The van der Waals surface area contributed by atoms with Crippen LogP contribution in [-0.2, 0) is 4.84 Å². The van der Waals surface area contributed by atoms with Crippen molar-refractivity contribution in [1.82, 2.24) is 5.48 Å². The number of fused-ring (bicyclic) bond motifs is 1. The van der Waals surface area contributed by atoms with Crippen molar-refractivity contribution < 1.29 is 23.7 Å². The second kappa shape index (κ2) is 7.16. The van der Waals surface area contributed by atoms with Gasteiger partial charge in [-0.25, -0.2) is 5.48 Å². The molecular formula is C16H21NO5S. The maximum absolute atomic E-state index is 12.7. The molecule has 1 atom stereocenters. The molecule has 1 unspecified atom stereocenters. The minimum Gasteiger partial charge on any atom is -0.590 e. The Morgan fingerprint density at radius 2 is 1.91 bits per heavy atom. The minimum atomic E-state index is -1.63. The number of carbonyl (C=O) groups is 1. The van der Waals surface area contributed by atoms with Crippen molar-refractivity contribution in [2.75, 3.05) is 7.11 Å². The number of hydrogen-bond donors (Lipinski definition) is 1. The first kappa shape index (κ1) is 17.5. The molecule has 0 bridgehead atoms. The Bertz CT molecular complexity index is 708. The highest BCUT2D eigenvalue weighted by Crippen LogP contribution is 2.45. The molecule has 23 heavy (non-hydrogen) atoms. The van der Waals surface area contributed by atoms with E-state index in [1.165, 1.54) is 0 Å². The quantitative estimate of drug-likeness (QED) is 0.644. The van der Waals surface area contributed by atoms with Crippen molar-refractivity contribution >= 4 is 26.7 Å². The van der Waals surface area contributed by atoms with E-state index >= 15 is 0 Å². The molecule has 0 spiro atoms. The van der Waals surface area contributed by atoms with Crippen LogP contribution in [0.1, 0.15) is 37.4 Å². The zero-order valence-corrected chi connectivity index (χ0v) is 14.7. The standard InChI is InChI=1S/C16H21NO5S/c1-9(2)21-14-12-8-11(20-5)6-7-13(12)23(19)15(14)16(18)17-22-10(3)4/h6-10H,1-5H3,(H,17,18). The summed E-state index contributed by atoms with van der Waals surface area (Å²) < 4.78 is 24.2. The van der Waals surface area contributed by atoms with Crippen molar-refractivity contribution in [3.05, 3.63) is 23.1 Å². The zero-order chi connectivity index (χ0) is 17.1. The van der Waals surface area contributed by atoms with Crippen LogP contribution in [0.5, 0.6) is 11.5 Å². The van der Waals surface area contributed by atoms with Gasteiger partial charge >= 0.3 is 5.91 Å². The van der Waals surface area contributed by atoms with Crippen LogP contribution in [-0.4, -0.2) is 29.8 Å². The highest BCUT2D eigenvalue weighted by atomic mass is 32.2. The van der Waals surface area contributed by atoms with Crippen molar-refractivity contribution in [1.29, 1.82) is 0 Å². The summed E-state index contributed by atoms with van der Waals surface area (Å²) in [6.07, 6.45) is -0.362. The molecule has 0 aliphatic rings. The smallest absolute Gasteiger partial charge is 0.331 e. The number of rotatable bonds is 6. The van der Waals surface area contributed by atoms with E-state index in [-0.39, 0.29) is 17.1 Å². The Kier molecular flexibility index (Phi) is 5.46. The monoisotopic (exact) mass is 339 g/mol. The van der Waals surface area contributed by atoms with E-state index in [0.29, 0.717) is 21.6 Å². The first-order valence-corrected chi connectivity index (χ1v) is 8.47. The second-order valence-electron chi connectivity index (χ2n) is 5.55. The van der Waals surface area contributed by atoms with E-state index in [9.17, 15) is 9.35 Å². The third-order valence-corrected chi connectivity index (χ3v) is 4.47. The number of nitrogens with one attached hydrogen (secondary N) is 1. The van der Waals surface area contributed by atoms with Gasteiger partial charge in [-0.15, -0.1) is 0 Å². The van der Waals surface area contributed by atoms with Crippen LogP contribution in [0.15, 0.2) is 18.2 Å². The lowest BCUT2D eigenvalue weighted by molar-refractivity contribution is 0.000195. The highest BCUT2D eigenvalue weighted by molar-refractivity contribution is 7.33. The summed E-state index contributed by atoms with van der Waals surface area (Å²) in [5, 5.41) is 0.603. The molecule has 1 amide bonds. The SMILES string of the molecule is COc1ccc2c(c1)c(OC(C)C)c(C(=O)NOC(C)C)[s+]2[O-]. The van der Waals surface area contributed by atoms with Gasteiger partial charge in [-0.05, 0) is 50.6 Å². The van der Waals surface area contributed by atoms with Crippen molar-refractivity contribution in [2.24, 2.45) is 0 Å². The van der Waals surface area contributed by atoms with E-state index in [0.717, 1.165) is 0 Å². The Labute approximate surface area is 138 Å². The van der Waals surface area contributed by atoms with Gasteiger partial charge in [-0.1, -0.05) is 0 Å². The number of benzene rings is 1. The fourth-order valence-electron chi connectivity index (χ4n) is 2.05. The maximum atomic E-state index is 12.7. The number of amides is 1. The molecule has 0 saturated heterocycles. The van der Waals surface area contributed by atoms with Gasteiger partial charge in [-0.3, -0.25) is 9.63 Å². The Balaban J connectivity index is 2.56. The fourth-order valence-corrected chi connectivity index (χ4v) is 3.35. The van der Waals surface area contributed by atoms with Gasteiger partial charge in [0.2, 0.25) is 0 Å². The number of hydroxylamine groups is 1. The summed E-state index contributed by atoms with van der Waals surface area (Å²) in [4.78, 5) is 17.5. The van der Waals surface area contributed by atoms with Crippen LogP contribution in [0.3, 0.4) is 0 Å². The van der Waals surface area contributed by atoms with E-state index in [1.807, 2.05) is 13.8 Å². The lowest BCUT2D eigenvalue weighted by Gasteiger charge is -2.11. The largest absolute Gasteiger partial charge is 0.590 e. The summed E-state index contributed by atoms with van der Waals surface area (Å²) in [5.74, 6) is 0.339. The second-order valence-corrected chi connectivity index (χ2v) is 6.94. The molecule has 2 aromatic rings. The fraction of sp³-hybridized carbons (Fsp3) is 0.438. The van der Waals surface area contributed by atoms with E-state index in [4.69, 9.17) is 14.3 Å². The third kappa shape index (κ3) is 3.74. The average Bonchev–Trinajstić information content (AvgIpc) is 2.76. The van der Waals surface area contributed by atoms with E-state index in [2.05, 4.69) is 5.48 Å². The Morgan fingerprint density at radius 1 is 1.22 bits per heavy atom. The van der Waals surface area contributed by atoms with Gasteiger partial charge in [0.15, 0.2) is 10.4 Å². The maximum Gasteiger partial charge on any atom is 0.331 e. The van der Waals surface area contributed by atoms with Gasteiger partial charge in [0.05, 0.1) is 24.7 Å². The summed E-state index contributed by atoms with van der Waals surface area (Å²) in [6, 6.07) is 5.10. The molecule has 1 aromatic carbocycles. The number of methoxy groups -OCH3 is 1. The first-order valence-electron chi connectivity index (χ1n) is 7.32. The summed E-state index contributed by atoms with van der Waals surface area (Å²) >= 11 is 0. The molecule has 0 aliphatic heterocycles. The molecule has 6 nitrogen and oxygen atoms in total. The van der Waals surface area contributed by atoms with E-state index in [1.54, 1.807) is 39.2 Å². The molecule has 0 saturated carbocycles. The summed E-state index contributed by atoms with van der Waals surface area (Å²) in [6.45, 7) is 7.25. The molecule has 1 N–H and O–H groups in total. The lowest BCUT2D eigenvalue weighted by atomic mass is 10.2. The minimum absolute atomic E-state index is 0.0580. The molecule has 7 heteroatoms. The molecule has 0 aliphatic carbocycles. The summed E-state index contributed by atoms with van der Waals surface area (Å²) in [7, 11) is -0.0840. The van der Waals surface area contributed by atoms with Crippen LogP contribution < -0.4 is 15.0 Å². The van der Waals surface area contributed by atoms with Crippen LogP contribution in [0, 0.1) is 0 Å². The molecule has 1 aromatic heterocycles. The van der Waals surface area contributed by atoms with Gasteiger partial charge in [-0.2, -0.15) is 0 Å². The first-order chi connectivity index (χ1) is 10.8. The Hall–Kier alpha value is -1.83. The number of hydrogen-bond acceptors (Lipinski definition) is 5. The predicted octanol–water partition coefficient (Wildman–Crippen LogP) is 3.43. The molecule has 0 radical (unpaired) electrons. The van der Waals surface area contributed by atoms with E-state index < -0.39 is 16.7 Å². The zero-order valence-electron chi connectivity index (χ0n) is 13.8. The Morgan fingerprint density at radius 3 is 2.48 bits per heavy atom. The van der Waals surface area contributed by atoms with Crippen LogP contribution in [0.25, 0.3) is 10.1 Å². The highest BCUT2D eigenvalue weighted by Gasteiger charge is 2.31. The third-order valence-electron chi connectivity index (χ3n) is 2.97. The average molecular weight is 339 g/mol. The molecule has 2 rings (SSSR count). The number of thiophene rings is 1. The van der Waals surface area contributed by atoms with Gasteiger partial charge in [0.1, 0.15) is 5.75 Å². The molecular weight excluding hydrogens is 318 g/mol. The number of carbonyl (C=O) groups excluding carboxylic acids is 1. The van der Waals surface area contributed by atoms with Crippen LogP contribution >= 0.6 is 10.8 Å². The lowest BCUT2D eigenvalue weighted by Crippen LogP contribution is -2.27.